The third kappa shape index (κ3) is 5.63. The van der Waals surface area contributed by atoms with Crippen LogP contribution in [0.2, 0.25) is 0 Å². The predicted octanol–water partition coefficient (Wildman–Crippen LogP) is 6.89. The summed E-state index contributed by atoms with van der Waals surface area (Å²) in [5.41, 5.74) is 5.72. The minimum absolute atomic E-state index is 0.157. The Kier molecular flexibility index (Phi) is 7.12. The second-order valence-corrected chi connectivity index (χ2v) is 8.34. The van der Waals surface area contributed by atoms with Crippen LogP contribution in [0.5, 0.6) is 0 Å². The maximum Gasteiger partial charge on any atom is 0.0647 e. The van der Waals surface area contributed by atoms with E-state index in [1.165, 1.54) is 11.1 Å². The first kappa shape index (κ1) is 21.1. The van der Waals surface area contributed by atoms with Crippen LogP contribution in [0.4, 0.5) is 0 Å². The van der Waals surface area contributed by atoms with Gasteiger partial charge in [-0.25, -0.2) is 0 Å². The number of rotatable bonds is 8. The molecule has 1 aliphatic rings. The van der Waals surface area contributed by atoms with Gasteiger partial charge in [-0.15, -0.1) is 0 Å². The Morgan fingerprint density at radius 2 is 1.96 bits per heavy atom. The minimum Gasteiger partial charge on any atom is -0.280 e. The lowest BCUT2D eigenvalue weighted by Gasteiger charge is -2.33. The summed E-state index contributed by atoms with van der Waals surface area (Å²) in [6, 6.07) is 8.80. The van der Waals surface area contributed by atoms with Gasteiger partial charge in [-0.2, -0.15) is 0 Å². The third-order valence-electron chi connectivity index (χ3n) is 5.14. The summed E-state index contributed by atoms with van der Waals surface area (Å²) in [7, 11) is 0. The van der Waals surface area contributed by atoms with Crippen LogP contribution in [0, 0.1) is 5.41 Å². The Labute approximate surface area is 165 Å². The van der Waals surface area contributed by atoms with Crippen LogP contribution in [-0.4, -0.2) is 17.5 Å². The van der Waals surface area contributed by atoms with Crippen LogP contribution in [-0.2, 0) is 0 Å². The van der Waals surface area contributed by atoms with E-state index in [0.29, 0.717) is 5.92 Å². The zero-order valence-electron chi connectivity index (χ0n) is 17.6. The van der Waals surface area contributed by atoms with Crippen molar-refractivity contribution in [3.8, 4) is 0 Å². The highest BCUT2D eigenvalue weighted by molar-refractivity contribution is 6.10. The minimum atomic E-state index is 0.157. The fourth-order valence-corrected chi connectivity index (χ4v) is 3.96. The van der Waals surface area contributed by atoms with Crippen molar-refractivity contribution in [2.24, 2.45) is 15.4 Å². The summed E-state index contributed by atoms with van der Waals surface area (Å²) in [6.07, 6.45) is 9.33. The predicted molar refractivity (Wildman–Crippen MR) is 120 cm³/mol. The van der Waals surface area contributed by atoms with Crippen molar-refractivity contribution in [2.75, 3.05) is 0 Å². The molecule has 1 heterocycles. The van der Waals surface area contributed by atoms with Crippen molar-refractivity contribution in [1.82, 2.24) is 0 Å². The summed E-state index contributed by atoms with van der Waals surface area (Å²) in [5, 5.41) is 0. The molecule has 2 nitrogen and oxygen atoms in total. The molecule has 2 rings (SSSR count). The summed E-state index contributed by atoms with van der Waals surface area (Å²) in [4.78, 5) is 9.63. The van der Waals surface area contributed by atoms with Crippen molar-refractivity contribution >= 4 is 11.4 Å². The zero-order chi connectivity index (χ0) is 20.0. The lowest BCUT2D eigenvalue weighted by Crippen LogP contribution is -2.27. The van der Waals surface area contributed by atoms with E-state index in [-0.39, 0.29) is 11.5 Å². The van der Waals surface area contributed by atoms with Crippen molar-refractivity contribution in [1.29, 1.82) is 0 Å². The molecule has 0 aromatic heterocycles. The fourth-order valence-electron chi connectivity index (χ4n) is 3.96. The Morgan fingerprint density at radius 3 is 2.59 bits per heavy atom. The quantitative estimate of drug-likeness (QED) is 0.355. The average Bonchev–Trinajstić information content (AvgIpc) is 2.59. The van der Waals surface area contributed by atoms with E-state index >= 15 is 0 Å². The van der Waals surface area contributed by atoms with Gasteiger partial charge < -0.3 is 0 Å². The molecule has 0 spiro atoms. The van der Waals surface area contributed by atoms with Gasteiger partial charge in [0, 0.05) is 29.3 Å². The first-order valence-electron chi connectivity index (χ1n) is 9.90. The normalized spacial score (nSPS) is 19.4. The standard InChI is InChI=1S/C25H34N2/c1-8-15-25(6,7)16-14-22-20-12-10-11-13-21(20)23(9-2)27-24(22)17-19(5)26-18(3)4/h8-13,15,22,24H,2,5,14,16-17H2,1,3-4,6-7H3/b15-8-. The maximum atomic E-state index is 5.07. The van der Waals surface area contributed by atoms with Crippen molar-refractivity contribution < 1.29 is 0 Å². The van der Waals surface area contributed by atoms with Gasteiger partial charge >= 0.3 is 0 Å². The Hall–Kier alpha value is -2.22. The second-order valence-electron chi connectivity index (χ2n) is 8.34. The largest absolute Gasteiger partial charge is 0.280 e. The highest BCUT2D eigenvalue weighted by atomic mass is 14.9. The van der Waals surface area contributed by atoms with E-state index in [1.807, 2.05) is 19.9 Å². The molecule has 0 fully saturated rings. The zero-order valence-corrected chi connectivity index (χ0v) is 17.6. The van der Waals surface area contributed by atoms with Gasteiger partial charge in [0.05, 0.1) is 11.8 Å². The third-order valence-corrected chi connectivity index (χ3v) is 5.14. The molecule has 0 saturated carbocycles. The van der Waals surface area contributed by atoms with E-state index in [9.17, 15) is 0 Å². The Bertz CT molecular complexity index is 773. The summed E-state index contributed by atoms with van der Waals surface area (Å²) >= 11 is 0. The number of allylic oxidation sites excluding steroid dienone is 3. The molecule has 1 aromatic rings. The highest BCUT2D eigenvalue weighted by Gasteiger charge is 2.31. The van der Waals surface area contributed by atoms with Crippen LogP contribution in [0.25, 0.3) is 0 Å². The molecular formula is C25H34N2. The van der Waals surface area contributed by atoms with Crippen LogP contribution in [0.1, 0.15) is 70.9 Å². The van der Waals surface area contributed by atoms with Gasteiger partial charge in [-0.05, 0) is 50.7 Å². The summed E-state index contributed by atoms with van der Waals surface area (Å²) < 4.78 is 0. The summed E-state index contributed by atoms with van der Waals surface area (Å²) in [5.74, 6) is 0.374. The number of hydrogen-bond acceptors (Lipinski definition) is 2. The van der Waals surface area contributed by atoms with Crippen LogP contribution < -0.4 is 0 Å². The SMILES string of the molecule is C=CC1=NC(CC(=C)N=C(C)C)C(CCC(C)(C)/C=C\C)c2ccccc21. The molecule has 1 aromatic carbocycles. The lowest BCUT2D eigenvalue weighted by atomic mass is 9.76. The number of aliphatic imine (C=N–C) groups is 2. The van der Waals surface area contributed by atoms with Crippen LogP contribution >= 0.6 is 0 Å². The molecule has 0 N–H and O–H groups in total. The average molecular weight is 363 g/mol. The van der Waals surface area contributed by atoms with Gasteiger partial charge in [0.25, 0.3) is 0 Å². The molecule has 0 saturated heterocycles. The molecule has 1 aliphatic heterocycles. The molecule has 0 bridgehead atoms. The molecular weight excluding hydrogens is 328 g/mol. The van der Waals surface area contributed by atoms with E-state index in [2.05, 4.69) is 75.3 Å². The molecule has 0 amide bonds. The smallest absolute Gasteiger partial charge is 0.0647 e. The summed E-state index contributed by atoms with van der Waals surface area (Å²) in [6.45, 7) is 18.9. The van der Waals surface area contributed by atoms with Gasteiger partial charge in [0.2, 0.25) is 0 Å². The number of fused-ring (bicyclic) bond motifs is 1. The molecule has 2 unspecified atom stereocenters. The van der Waals surface area contributed by atoms with Gasteiger partial charge in [-0.1, -0.05) is 63.4 Å². The van der Waals surface area contributed by atoms with Crippen molar-refractivity contribution in [3.05, 3.63) is 72.5 Å². The van der Waals surface area contributed by atoms with Crippen LogP contribution in [0.3, 0.4) is 0 Å². The van der Waals surface area contributed by atoms with Gasteiger partial charge in [-0.3, -0.25) is 9.98 Å². The number of hydrogen-bond donors (Lipinski definition) is 0. The first-order chi connectivity index (χ1) is 12.8. The second kappa shape index (κ2) is 9.12. The topological polar surface area (TPSA) is 24.7 Å². The Morgan fingerprint density at radius 1 is 1.26 bits per heavy atom. The Balaban J connectivity index is 2.37. The molecule has 0 aliphatic carbocycles. The van der Waals surface area contributed by atoms with Crippen LogP contribution in [0.15, 0.2) is 71.3 Å². The van der Waals surface area contributed by atoms with Crippen molar-refractivity contribution in [2.45, 2.75) is 65.8 Å². The molecule has 144 valence electrons. The van der Waals surface area contributed by atoms with Gasteiger partial charge in [0.15, 0.2) is 0 Å². The fraction of sp³-hybridized carbons (Fsp3) is 0.440. The first-order valence-corrected chi connectivity index (χ1v) is 9.90. The molecule has 2 heteroatoms. The van der Waals surface area contributed by atoms with E-state index in [4.69, 9.17) is 4.99 Å². The van der Waals surface area contributed by atoms with Crippen molar-refractivity contribution in [3.63, 3.8) is 0 Å². The molecule has 27 heavy (non-hydrogen) atoms. The molecule has 2 atom stereocenters. The van der Waals surface area contributed by atoms with E-state index in [1.54, 1.807) is 0 Å². The van der Waals surface area contributed by atoms with E-state index in [0.717, 1.165) is 36.4 Å². The highest BCUT2D eigenvalue weighted by Crippen LogP contribution is 2.39. The number of benzene rings is 1. The number of nitrogens with zero attached hydrogens (tertiary/aromatic N) is 2. The van der Waals surface area contributed by atoms with E-state index < -0.39 is 0 Å². The van der Waals surface area contributed by atoms with Gasteiger partial charge in [0.1, 0.15) is 0 Å². The lowest BCUT2D eigenvalue weighted by molar-refractivity contribution is 0.371. The maximum absolute atomic E-state index is 5.07. The molecule has 0 radical (unpaired) electrons. The monoisotopic (exact) mass is 362 g/mol.